The van der Waals surface area contributed by atoms with E-state index in [9.17, 15) is 9.90 Å². The zero-order valence-electron chi connectivity index (χ0n) is 13.7. The summed E-state index contributed by atoms with van der Waals surface area (Å²) in [4.78, 5) is 12.2. The van der Waals surface area contributed by atoms with E-state index in [0.717, 1.165) is 0 Å². The molecule has 1 aromatic heterocycles. The van der Waals surface area contributed by atoms with Gasteiger partial charge in [-0.2, -0.15) is 0 Å². The van der Waals surface area contributed by atoms with Gasteiger partial charge in [0.05, 0.1) is 20.8 Å². The van der Waals surface area contributed by atoms with Gasteiger partial charge in [-0.1, -0.05) is 70.1 Å². The van der Waals surface area contributed by atoms with Gasteiger partial charge in [0.15, 0.2) is 11.5 Å². The average molecular weight is 482 g/mol. The molecule has 1 amide bonds. The van der Waals surface area contributed by atoms with Gasteiger partial charge in [-0.15, -0.1) is 0 Å². The minimum absolute atomic E-state index is 0.00476. The van der Waals surface area contributed by atoms with Gasteiger partial charge in [-0.3, -0.25) is 4.79 Å². The highest BCUT2D eigenvalue weighted by Crippen LogP contribution is 2.48. The number of anilines is 1. The zero-order chi connectivity index (χ0) is 20.4. The Kier molecular flexibility index (Phi) is 6.53. The molecule has 0 aliphatic carbocycles. The molecule has 0 radical (unpaired) electrons. The smallest absolute Gasteiger partial charge is 0.291 e. The number of phenolic OH excluding ortho intramolecular Hbond substituents is 1. The van der Waals surface area contributed by atoms with Gasteiger partial charge in [-0.05, 0) is 24.3 Å². The van der Waals surface area contributed by atoms with Gasteiger partial charge in [0, 0.05) is 0 Å². The summed E-state index contributed by atoms with van der Waals surface area (Å²) in [5, 5.41) is 12.3. The van der Waals surface area contributed by atoms with Gasteiger partial charge >= 0.3 is 0 Å². The van der Waals surface area contributed by atoms with Crippen molar-refractivity contribution in [2.45, 2.75) is 6.61 Å². The summed E-state index contributed by atoms with van der Waals surface area (Å²) in [6.07, 6.45) is 0. The van der Waals surface area contributed by atoms with Crippen molar-refractivity contribution < 1.29 is 19.1 Å². The summed E-state index contributed by atoms with van der Waals surface area (Å²) in [6, 6.07) is 9.32. The normalized spacial score (nSPS) is 10.8. The number of carbonyl (C=O) groups is 1. The maximum absolute atomic E-state index is 12.2. The van der Waals surface area contributed by atoms with Crippen LogP contribution in [0.15, 0.2) is 40.8 Å². The predicted octanol–water partition coefficient (Wildman–Crippen LogP) is 7.08. The molecule has 0 aliphatic heterocycles. The second kappa shape index (κ2) is 8.72. The molecule has 3 rings (SSSR count). The number of halogens is 5. The third-order valence-electron chi connectivity index (χ3n) is 3.57. The molecule has 0 saturated heterocycles. The lowest BCUT2D eigenvalue weighted by Gasteiger charge is -2.12. The van der Waals surface area contributed by atoms with E-state index < -0.39 is 5.91 Å². The van der Waals surface area contributed by atoms with Crippen LogP contribution in [0.3, 0.4) is 0 Å². The van der Waals surface area contributed by atoms with E-state index in [1.165, 1.54) is 12.1 Å². The minimum atomic E-state index is -0.540. The van der Waals surface area contributed by atoms with E-state index in [-0.39, 0.29) is 54.7 Å². The van der Waals surface area contributed by atoms with E-state index in [1.54, 1.807) is 24.3 Å². The van der Waals surface area contributed by atoms with Crippen molar-refractivity contribution in [3.63, 3.8) is 0 Å². The zero-order valence-corrected chi connectivity index (χ0v) is 17.5. The maximum Gasteiger partial charge on any atom is 0.291 e. The highest BCUT2D eigenvalue weighted by molar-refractivity contribution is 6.55. The maximum atomic E-state index is 12.2. The first-order chi connectivity index (χ1) is 13.3. The molecule has 0 bridgehead atoms. The van der Waals surface area contributed by atoms with Crippen LogP contribution in [0.5, 0.6) is 11.5 Å². The van der Waals surface area contributed by atoms with Crippen LogP contribution in [-0.2, 0) is 6.61 Å². The number of furan rings is 1. The molecule has 10 heteroatoms. The van der Waals surface area contributed by atoms with Crippen molar-refractivity contribution in [3.05, 3.63) is 73.0 Å². The molecule has 2 N–H and O–H groups in total. The lowest BCUT2D eigenvalue weighted by Crippen LogP contribution is -2.10. The standard InChI is InChI=1S/C18H10Cl5NO4/c19-12-13(20)15(22)17(16(23)14(12)21)27-7-8-5-6-11(28-8)18(26)24-9-3-1-2-4-10(9)25/h1-6,25H,7H2,(H,24,26). The number of rotatable bonds is 5. The van der Waals surface area contributed by atoms with Gasteiger partial charge in [0.25, 0.3) is 5.91 Å². The summed E-state index contributed by atoms with van der Waals surface area (Å²) >= 11 is 30.1. The lowest BCUT2D eigenvalue weighted by molar-refractivity contribution is 0.0992. The Morgan fingerprint density at radius 1 is 0.929 bits per heavy atom. The van der Waals surface area contributed by atoms with Crippen LogP contribution in [-0.4, -0.2) is 11.0 Å². The Morgan fingerprint density at radius 3 is 2.18 bits per heavy atom. The largest absolute Gasteiger partial charge is 0.506 e. The number of carbonyl (C=O) groups excluding carboxylic acids is 1. The highest BCUT2D eigenvalue weighted by Gasteiger charge is 2.21. The number of benzene rings is 2. The molecule has 0 spiro atoms. The number of phenols is 1. The SMILES string of the molecule is O=C(Nc1ccccc1O)c1ccc(COc2c(Cl)c(Cl)c(Cl)c(Cl)c2Cl)o1. The van der Waals surface area contributed by atoms with Crippen LogP contribution in [0.25, 0.3) is 0 Å². The van der Waals surface area contributed by atoms with E-state index in [2.05, 4.69) is 5.32 Å². The number of hydrogen-bond donors (Lipinski definition) is 2. The Hall–Kier alpha value is -1.76. The fraction of sp³-hybridized carbons (Fsp3) is 0.0556. The summed E-state index contributed by atoms with van der Waals surface area (Å²) in [5.41, 5.74) is 0.255. The summed E-state index contributed by atoms with van der Waals surface area (Å²) < 4.78 is 11.0. The number of hydrogen-bond acceptors (Lipinski definition) is 4. The first kappa shape index (κ1) is 21.0. The quantitative estimate of drug-likeness (QED) is 0.232. The minimum Gasteiger partial charge on any atom is -0.506 e. The molecule has 2 aromatic carbocycles. The highest BCUT2D eigenvalue weighted by atomic mass is 35.5. The molecule has 5 nitrogen and oxygen atoms in total. The number of para-hydroxylation sites is 2. The molecular formula is C18H10Cl5NO4. The third-order valence-corrected chi connectivity index (χ3v) is 5.81. The third kappa shape index (κ3) is 4.29. The molecule has 0 saturated carbocycles. The fourth-order valence-corrected chi connectivity index (χ4v) is 3.43. The lowest BCUT2D eigenvalue weighted by atomic mass is 10.3. The van der Waals surface area contributed by atoms with Crippen LogP contribution >= 0.6 is 58.0 Å². The second-order valence-electron chi connectivity index (χ2n) is 5.42. The summed E-state index contributed by atoms with van der Waals surface area (Å²) in [5.74, 6) is -0.226. The molecule has 28 heavy (non-hydrogen) atoms. The van der Waals surface area contributed by atoms with E-state index >= 15 is 0 Å². The monoisotopic (exact) mass is 479 g/mol. The van der Waals surface area contributed by atoms with Gasteiger partial charge in [-0.25, -0.2) is 0 Å². The van der Waals surface area contributed by atoms with Crippen molar-refractivity contribution in [1.29, 1.82) is 0 Å². The first-order valence-corrected chi connectivity index (χ1v) is 9.51. The van der Waals surface area contributed by atoms with Crippen molar-refractivity contribution in [1.82, 2.24) is 0 Å². The van der Waals surface area contributed by atoms with Crippen LogP contribution in [0, 0.1) is 0 Å². The number of ether oxygens (including phenoxy) is 1. The summed E-state index contributed by atoms with van der Waals surface area (Å²) in [7, 11) is 0. The molecule has 146 valence electrons. The van der Waals surface area contributed by atoms with Gasteiger partial charge in [0.1, 0.15) is 28.2 Å². The van der Waals surface area contributed by atoms with Crippen molar-refractivity contribution in [3.8, 4) is 11.5 Å². The van der Waals surface area contributed by atoms with Crippen molar-refractivity contribution >= 4 is 69.6 Å². The molecule has 0 atom stereocenters. The van der Waals surface area contributed by atoms with E-state index in [4.69, 9.17) is 67.2 Å². The predicted molar refractivity (Wildman–Crippen MR) is 111 cm³/mol. The van der Waals surface area contributed by atoms with E-state index in [1.807, 2.05) is 0 Å². The average Bonchev–Trinajstić information content (AvgIpc) is 3.16. The van der Waals surface area contributed by atoms with Crippen molar-refractivity contribution in [2.75, 3.05) is 5.32 Å². The molecular weight excluding hydrogens is 471 g/mol. The molecule has 0 fully saturated rings. The van der Waals surface area contributed by atoms with Crippen LogP contribution in [0.1, 0.15) is 16.3 Å². The summed E-state index contributed by atoms with van der Waals surface area (Å²) in [6.45, 7) is -0.0996. The molecule has 0 aliphatic rings. The van der Waals surface area contributed by atoms with Gasteiger partial charge < -0.3 is 19.6 Å². The van der Waals surface area contributed by atoms with Crippen LogP contribution < -0.4 is 10.1 Å². The Labute approximate surface area is 184 Å². The molecule has 1 heterocycles. The molecule has 0 unspecified atom stereocenters. The van der Waals surface area contributed by atoms with Gasteiger partial charge in [0.2, 0.25) is 0 Å². The van der Waals surface area contributed by atoms with Crippen LogP contribution in [0.2, 0.25) is 25.1 Å². The fourth-order valence-electron chi connectivity index (χ4n) is 2.20. The first-order valence-electron chi connectivity index (χ1n) is 7.62. The van der Waals surface area contributed by atoms with E-state index in [0.29, 0.717) is 5.76 Å². The number of nitrogens with one attached hydrogen (secondary N) is 1. The molecule has 3 aromatic rings. The number of amides is 1. The van der Waals surface area contributed by atoms with Crippen LogP contribution in [0.4, 0.5) is 5.69 Å². The Morgan fingerprint density at radius 2 is 1.54 bits per heavy atom. The van der Waals surface area contributed by atoms with Crippen molar-refractivity contribution in [2.24, 2.45) is 0 Å². The second-order valence-corrected chi connectivity index (χ2v) is 7.31. The Balaban J connectivity index is 1.72. The Bertz CT molecular complexity index is 1020. The topological polar surface area (TPSA) is 71.7 Å². The number of aromatic hydroxyl groups is 1.